The van der Waals surface area contributed by atoms with Gasteiger partial charge in [0.2, 0.25) is 5.91 Å². The molecule has 2 rings (SSSR count). The Morgan fingerprint density at radius 3 is 2.56 bits per heavy atom. The Morgan fingerprint density at radius 2 is 2.00 bits per heavy atom. The Hall–Kier alpha value is -0.610. The standard InChI is InChI=1S/C14H27N3O/c1-11(13(18)16-12-4-5-12)15-10-14(2)6-8-17(3)9-7-14/h11-12,15H,4-10H2,1-3H3,(H,16,18). The summed E-state index contributed by atoms with van der Waals surface area (Å²) < 4.78 is 0. The second-order valence-corrected chi connectivity index (χ2v) is 6.50. The van der Waals surface area contributed by atoms with Crippen LogP contribution in [0.2, 0.25) is 0 Å². The van der Waals surface area contributed by atoms with E-state index in [0.717, 1.165) is 19.4 Å². The lowest BCUT2D eigenvalue weighted by molar-refractivity contribution is -0.123. The highest BCUT2D eigenvalue weighted by Gasteiger charge is 2.30. The van der Waals surface area contributed by atoms with Gasteiger partial charge in [-0.05, 0) is 58.2 Å². The maximum Gasteiger partial charge on any atom is 0.237 e. The van der Waals surface area contributed by atoms with Crippen LogP contribution in [0.1, 0.15) is 39.5 Å². The highest BCUT2D eigenvalue weighted by Crippen LogP contribution is 2.29. The topological polar surface area (TPSA) is 44.4 Å². The molecule has 1 heterocycles. The molecule has 0 aromatic heterocycles. The first-order chi connectivity index (χ1) is 8.48. The predicted molar refractivity (Wildman–Crippen MR) is 73.5 cm³/mol. The highest BCUT2D eigenvalue weighted by atomic mass is 16.2. The van der Waals surface area contributed by atoms with Crippen LogP contribution >= 0.6 is 0 Å². The Kier molecular flexibility index (Phi) is 4.28. The Bertz CT molecular complexity index is 293. The second-order valence-electron chi connectivity index (χ2n) is 6.50. The average molecular weight is 253 g/mol. The molecular weight excluding hydrogens is 226 g/mol. The second kappa shape index (κ2) is 5.57. The smallest absolute Gasteiger partial charge is 0.237 e. The maximum atomic E-state index is 11.8. The van der Waals surface area contributed by atoms with Gasteiger partial charge in [-0.2, -0.15) is 0 Å². The number of rotatable bonds is 5. The average Bonchev–Trinajstić information content (AvgIpc) is 3.14. The van der Waals surface area contributed by atoms with E-state index in [4.69, 9.17) is 0 Å². The maximum absolute atomic E-state index is 11.8. The van der Waals surface area contributed by atoms with Crippen LogP contribution in [-0.4, -0.2) is 49.6 Å². The van der Waals surface area contributed by atoms with E-state index in [1.807, 2.05) is 6.92 Å². The van der Waals surface area contributed by atoms with Gasteiger partial charge < -0.3 is 15.5 Å². The normalized spacial score (nSPS) is 25.7. The third-order valence-electron chi connectivity index (χ3n) is 4.35. The fraction of sp³-hybridized carbons (Fsp3) is 0.929. The molecule has 1 aliphatic carbocycles. The molecule has 4 nitrogen and oxygen atoms in total. The highest BCUT2D eigenvalue weighted by molar-refractivity contribution is 5.81. The van der Waals surface area contributed by atoms with Gasteiger partial charge >= 0.3 is 0 Å². The fourth-order valence-electron chi connectivity index (χ4n) is 2.38. The van der Waals surface area contributed by atoms with Crippen molar-refractivity contribution >= 4 is 5.91 Å². The lowest BCUT2D eigenvalue weighted by Gasteiger charge is -2.38. The van der Waals surface area contributed by atoms with E-state index in [9.17, 15) is 4.79 Å². The van der Waals surface area contributed by atoms with Crippen molar-refractivity contribution < 1.29 is 4.79 Å². The number of carbonyl (C=O) groups excluding carboxylic acids is 1. The van der Waals surface area contributed by atoms with Gasteiger partial charge in [-0.25, -0.2) is 0 Å². The van der Waals surface area contributed by atoms with Crippen LogP contribution in [0.25, 0.3) is 0 Å². The molecule has 0 spiro atoms. The molecule has 1 unspecified atom stereocenters. The van der Waals surface area contributed by atoms with Gasteiger partial charge in [0.05, 0.1) is 6.04 Å². The number of nitrogens with one attached hydrogen (secondary N) is 2. The number of hydrogen-bond acceptors (Lipinski definition) is 3. The largest absolute Gasteiger partial charge is 0.352 e. The van der Waals surface area contributed by atoms with Crippen molar-refractivity contribution in [2.75, 3.05) is 26.7 Å². The van der Waals surface area contributed by atoms with Crippen LogP contribution in [0.4, 0.5) is 0 Å². The fourth-order valence-corrected chi connectivity index (χ4v) is 2.38. The zero-order valence-corrected chi connectivity index (χ0v) is 12.0. The summed E-state index contributed by atoms with van der Waals surface area (Å²) in [6.07, 6.45) is 4.74. The number of piperidine rings is 1. The molecule has 0 radical (unpaired) electrons. The summed E-state index contributed by atoms with van der Waals surface area (Å²) in [4.78, 5) is 14.2. The lowest BCUT2D eigenvalue weighted by Crippen LogP contribution is -2.48. The van der Waals surface area contributed by atoms with E-state index >= 15 is 0 Å². The molecule has 18 heavy (non-hydrogen) atoms. The third-order valence-corrected chi connectivity index (χ3v) is 4.35. The van der Waals surface area contributed by atoms with Crippen molar-refractivity contribution in [3.05, 3.63) is 0 Å². The van der Waals surface area contributed by atoms with E-state index in [-0.39, 0.29) is 11.9 Å². The van der Waals surface area contributed by atoms with Crippen molar-refractivity contribution in [3.63, 3.8) is 0 Å². The molecule has 1 saturated heterocycles. The van der Waals surface area contributed by atoms with Crippen LogP contribution < -0.4 is 10.6 Å². The van der Waals surface area contributed by atoms with Crippen LogP contribution in [0.5, 0.6) is 0 Å². The molecule has 0 aromatic rings. The molecular formula is C14H27N3O. The molecule has 1 atom stereocenters. The van der Waals surface area contributed by atoms with Gasteiger partial charge in [0, 0.05) is 12.6 Å². The number of carbonyl (C=O) groups is 1. The van der Waals surface area contributed by atoms with Crippen molar-refractivity contribution in [3.8, 4) is 0 Å². The minimum Gasteiger partial charge on any atom is -0.352 e. The molecule has 0 aromatic carbocycles. The molecule has 2 N–H and O–H groups in total. The number of nitrogens with zero attached hydrogens (tertiary/aromatic N) is 1. The van der Waals surface area contributed by atoms with Gasteiger partial charge in [-0.1, -0.05) is 6.92 Å². The summed E-state index contributed by atoms with van der Waals surface area (Å²) in [6.45, 7) is 7.58. The van der Waals surface area contributed by atoms with Gasteiger partial charge in [-0.15, -0.1) is 0 Å². The van der Waals surface area contributed by atoms with E-state index in [0.29, 0.717) is 11.5 Å². The molecule has 1 aliphatic heterocycles. The molecule has 4 heteroatoms. The summed E-state index contributed by atoms with van der Waals surface area (Å²) >= 11 is 0. The van der Waals surface area contributed by atoms with Crippen LogP contribution in [-0.2, 0) is 4.79 Å². The van der Waals surface area contributed by atoms with Gasteiger partial charge in [0.1, 0.15) is 0 Å². The van der Waals surface area contributed by atoms with Crippen molar-refractivity contribution in [1.29, 1.82) is 0 Å². The van der Waals surface area contributed by atoms with E-state index in [1.54, 1.807) is 0 Å². The molecule has 104 valence electrons. The van der Waals surface area contributed by atoms with Crippen LogP contribution in [0.3, 0.4) is 0 Å². The Balaban J connectivity index is 1.70. The van der Waals surface area contributed by atoms with Gasteiger partial charge in [0.15, 0.2) is 0 Å². The van der Waals surface area contributed by atoms with Crippen molar-refractivity contribution in [2.45, 2.75) is 51.6 Å². The Morgan fingerprint density at radius 1 is 1.39 bits per heavy atom. The molecule has 1 saturated carbocycles. The predicted octanol–water partition coefficient (Wildman–Crippen LogP) is 0.975. The first-order valence-electron chi connectivity index (χ1n) is 7.21. The van der Waals surface area contributed by atoms with Gasteiger partial charge in [-0.3, -0.25) is 4.79 Å². The summed E-state index contributed by atoms with van der Waals surface area (Å²) in [5, 5.41) is 6.46. The Labute approximate surface area is 110 Å². The van der Waals surface area contributed by atoms with Gasteiger partial charge in [0.25, 0.3) is 0 Å². The summed E-state index contributed by atoms with van der Waals surface area (Å²) in [7, 11) is 2.18. The first-order valence-corrected chi connectivity index (χ1v) is 7.21. The SMILES string of the molecule is CC(NCC1(C)CCN(C)CC1)C(=O)NC1CC1. The minimum absolute atomic E-state index is 0.0675. The zero-order valence-electron chi connectivity index (χ0n) is 12.0. The van der Waals surface area contributed by atoms with Crippen molar-refractivity contribution in [1.82, 2.24) is 15.5 Å². The first kappa shape index (κ1) is 13.8. The summed E-state index contributed by atoms with van der Waals surface area (Å²) in [6, 6.07) is 0.391. The van der Waals surface area contributed by atoms with E-state index in [1.165, 1.54) is 25.9 Å². The van der Waals surface area contributed by atoms with E-state index < -0.39 is 0 Å². The van der Waals surface area contributed by atoms with Crippen molar-refractivity contribution in [2.24, 2.45) is 5.41 Å². The van der Waals surface area contributed by atoms with E-state index in [2.05, 4.69) is 29.5 Å². The monoisotopic (exact) mass is 253 g/mol. The summed E-state index contributed by atoms with van der Waals surface area (Å²) in [5.74, 6) is 0.161. The summed E-state index contributed by atoms with van der Waals surface area (Å²) in [5.41, 5.74) is 0.348. The third kappa shape index (κ3) is 3.95. The molecule has 2 aliphatic rings. The zero-order chi connectivity index (χ0) is 13.2. The van der Waals surface area contributed by atoms with Crippen LogP contribution in [0, 0.1) is 5.41 Å². The van der Waals surface area contributed by atoms with Crippen LogP contribution in [0.15, 0.2) is 0 Å². The molecule has 2 fully saturated rings. The molecule has 1 amide bonds. The number of hydrogen-bond donors (Lipinski definition) is 2. The quantitative estimate of drug-likeness (QED) is 0.767. The number of likely N-dealkylation sites (tertiary alicyclic amines) is 1. The lowest BCUT2D eigenvalue weighted by atomic mass is 9.80. The molecule has 0 bridgehead atoms. The minimum atomic E-state index is -0.0675. The number of amides is 1.